The van der Waals surface area contributed by atoms with Gasteiger partial charge in [-0.2, -0.15) is 5.10 Å². The van der Waals surface area contributed by atoms with Crippen molar-refractivity contribution in [2.24, 2.45) is 5.10 Å². The summed E-state index contributed by atoms with van der Waals surface area (Å²) < 4.78 is 0. The molecule has 0 bridgehead atoms. The van der Waals surface area contributed by atoms with Crippen LogP contribution in [-0.2, 0) is 13.0 Å². The van der Waals surface area contributed by atoms with Crippen LogP contribution in [0.1, 0.15) is 23.6 Å². The molecule has 24 heavy (non-hydrogen) atoms. The van der Waals surface area contributed by atoms with Gasteiger partial charge in [-0.3, -0.25) is 9.91 Å². The highest BCUT2D eigenvalue weighted by Gasteiger charge is 2.15. The van der Waals surface area contributed by atoms with E-state index < -0.39 is 0 Å². The minimum Gasteiger partial charge on any atom is -0.295 e. The van der Waals surface area contributed by atoms with Gasteiger partial charge in [-0.05, 0) is 35.2 Å². The Morgan fingerprint density at radius 1 is 0.917 bits per heavy atom. The molecular formula is C20H24ClN3. The zero-order chi connectivity index (χ0) is 16.8. The van der Waals surface area contributed by atoms with Gasteiger partial charge in [0.25, 0.3) is 0 Å². The second-order valence-electron chi connectivity index (χ2n) is 6.20. The lowest BCUT2D eigenvalue weighted by Gasteiger charge is -2.33. The lowest BCUT2D eigenvalue weighted by atomic mass is 10.1. The van der Waals surface area contributed by atoms with Gasteiger partial charge < -0.3 is 0 Å². The maximum Gasteiger partial charge on any atom is 0.0542 e. The predicted molar refractivity (Wildman–Crippen MR) is 102 cm³/mol. The number of piperazine rings is 1. The number of hydrazone groups is 1. The molecule has 3 nitrogen and oxygen atoms in total. The monoisotopic (exact) mass is 341 g/mol. The summed E-state index contributed by atoms with van der Waals surface area (Å²) in [6.45, 7) is 7.16. The molecule has 0 unspecified atom stereocenters. The molecule has 1 heterocycles. The first-order valence-corrected chi connectivity index (χ1v) is 8.95. The van der Waals surface area contributed by atoms with Crippen LogP contribution < -0.4 is 0 Å². The summed E-state index contributed by atoms with van der Waals surface area (Å²) in [6.07, 6.45) is 3.04. The summed E-state index contributed by atoms with van der Waals surface area (Å²) in [4.78, 5) is 2.46. The van der Waals surface area contributed by atoms with Crippen LogP contribution in [0, 0.1) is 0 Å². The SMILES string of the molecule is CCc1ccc(C=NN2CCN(Cc3ccc(Cl)cc3)CC2)cc1. The molecule has 0 atom stereocenters. The van der Waals surface area contributed by atoms with Crippen molar-refractivity contribution in [3.8, 4) is 0 Å². The molecule has 0 aliphatic carbocycles. The first-order valence-electron chi connectivity index (χ1n) is 8.57. The van der Waals surface area contributed by atoms with Gasteiger partial charge in [0.1, 0.15) is 0 Å². The van der Waals surface area contributed by atoms with Gasteiger partial charge >= 0.3 is 0 Å². The van der Waals surface area contributed by atoms with Crippen LogP contribution in [0.25, 0.3) is 0 Å². The van der Waals surface area contributed by atoms with Gasteiger partial charge in [0.15, 0.2) is 0 Å². The smallest absolute Gasteiger partial charge is 0.0542 e. The number of halogens is 1. The summed E-state index contributed by atoms with van der Waals surface area (Å²) in [7, 11) is 0. The molecule has 3 rings (SSSR count). The molecule has 0 aromatic heterocycles. The maximum atomic E-state index is 5.94. The van der Waals surface area contributed by atoms with Crippen molar-refractivity contribution in [1.29, 1.82) is 0 Å². The third kappa shape index (κ3) is 4.83. The van der Waals surface area contributed by atoms with E-state index in [9.17, 15) is 0 Å². The zero-order valence-electron chi connectivity index (χ0n) is 14.2. The number of hydrogen-bond donors (Lipinski definition) is 0. The number of rotatable bonds is 5. The van der Waals surface area contributed by atoms with E-state index >= 15 is 0 Å². The molecule has 1 aliphatic heterocycles. The molecule has 1 fully saturated rings. The van der Waals surface area contributed by atoms with Crippen molar-refractivity contribution < 1.29 is 0 Å². The van der Waals surface area contributed by atoms with Crippen LogP contribution in [0.4, 0.5) is 0 Å². The fourth-order valence-corrected chi connectivity index (χ4v) is 2.97. The van der Waals surface area contributed by atoms with Crippen LogP contribution in [0.3, 0.4) is 0 Å². The Bertz CT molecular complexity index is 656. The van der Waals surface area contributed by atoms with E-state index in [0.717, 1.165) is 49.7 Å². The maximum absolute atomic E-state index is 5.94. The normalized spacial score (nSPS) is 16.0. The van der Waals surface area contributed by atoms with Gasteiger partial charge in [-0.25, -0.2) is 0 Å². The van der Waals surface area contributed by atoms with Crippen molar-refractivity contribution >= 4 is 17.8 Å². The first kappa shape index (κ1) is 17.0. The van der Waals surface area contributed by atoms with Gasteiger partial charge in [0, 0.05) is 37.7 Å². The summed E-state index contributed by atoms with van der Waals surface area (Å²) >= 11 is 5.94. The summed E-state index contributed by atoms with van der Waals surface area (Å²) in [5.74, 6) is 0. The van der Waals surface area contributed by atoms with Crippen molar-refractivity contribution in [3.63, 3.8) is 0 Å². The third-order valence-electron chi connectivity index (χ3n) is 4.43. The molecule has 1 aliphatic rings. The van der Waals surface area contributed by atoms with Crippen LogP contribution in [-0.4, -0.2) is 42.3 Å². The van der Waals surface area contributed by atoms with E-state index in [1.165, 1.54) is 11.1 Å². The van der Waals surface area contributed by atoms with Crippen LogP contribution in [0.2, 0.25) is 5.02 Å². The number of hydrogen-bond acceptors (Lipinski definition) is 3. The fraction of sp³-hybridized carbons (Fsp3) is 0.350. The lowest BCUT2D eigenvalue weighted by molar-refractivity contribution is 0.131. The topological polar surface area (TPSA) is 18.8 Å². The zero-order valence-corrected chi connectivity index (χ0v) is 14.9. The number of nitrogens with zero attached hydrogens (tertiary/aromatic N) is 3. The molecule has 126 valence electrons. The average molecular weight is 342 g/mol. The molecule has 0 N–H and O–H groups in total. The van der Waals surface area contributed by atoms with Gasteiger partial charge in [-0.1, -0.05) is 54.9 Å². The predicted octanol–water partition coefficient (Wildman–Crippen LogP) is 4.05. The van der Waals surface area contributed by atoms with E-state index in [2.05, 4.69) is 58.3 Å². The van der Waals surface area contributed by atoms with Crippen molar-refractivity contribution in [2.45, 2.75) is 19.9 Å². The molecule has 2 aromatic carbocycles. The van der Waals surface area contributed by atoms with Crippen LogP contribution in [0.5, 0.6) is 0 Å². The first-order chi connectivity index (χ1) is 11.7. The van der Waals surface area contributed by atoms with Gasteiger partial charge in [0.2, 0.25) is 0 Å². The third-order valence-corrected chi connectivity index (χ3v) is 4.68. The van der Waals surface area contributed by atoms with Crippen LogP contribution >= 0.6 is 11.6 Å². The number of benzene rings is 2. The highest BCUT2D eigenvalue weighted by Crippen LogP contribution is 2.13. The van der Waals surface area contributed by atoms with E-state index in [1.54, 1.807) is 0 Å². The van der Waals surface area contributed by atoms with E-state index in [0.29, 0.717) is 0 Å². The summed E-state index contributed by atoms with van der Waals surface area (Å²) in [6, 6.07) is 16.7. The molecule has 2 aromatic rings. The Morgan fingerprint density at radius 2 is 1.54 bits per heavy atom. The van der Waals surface area contributed by atoms with Gasteiger partial charge in [-0.15, -0.1) is 0 Å². The van der Waals surface area contributed by atoms with Crippen molar-refractivity contribution in [2.75, 3.05) is 26.2 Å². The Balaban J connectivity index is 1.47. The van der Waals surface area contributed by atoms with Crippen molar-refractivity contribution in [1.82, 2.24) is 9.91 Å². The Hall–Kier alpha value is -1.84. The van der Waals surface area contributed by atoms with E-state index in [-0.39, 0.29) is 0 Å². The molecule has 0 spiro atoms. The standard InChI is InChI=1S/C20H24ClN3/c1-2-17-3-5-18(6-4-17)15-22-24-13-11-23(12-14-24)16-19-7-9-20(21)10-8-19/h3-10,15H,2,11-14,16H2,1H3. The summed E-state index contributed by atoms with van der Waals surface area (Å²) in [5.41, 5.74) is 3.84. The Kier molecular flexibility index (Phi) is 5.89. The number of aryl methyl sites for hydroxylation is 1. The second-order valence-corrected chi connectivity index (χ2v) is 6.63. The Morgan fingerprint density at radius 3 is 2.17 bits per heavy atom. The summed E-state index contributed by atoms with van der Waals surface area (Å²) in [5, 5.41) is 7.58. The quantitative estimate of drug-likeness (QED) is 0.764. The van der Waals surface area contributed by atoms with Crippen molar-refractivity contribution in [3.05, 3.63) is 70.2 Å². The minimum absolute atomic E-state index is 0.796. The molecule has 4 heteroatoms. The molecule has 0 amide bonds. The fourth-order valence-electron chi connectivity index (χ4n) is 2.85. The van der Waals surface area contributed by atoms with Gasteiger partial charge in [0.05, 0.1) is 6.21 Å². The lowest BCUT2D eigenvalue weighted by Crippen LogP contribution is -2.43. The highest BCUT2D eigenvalue weighted by molar-refractivity contribution is 6.30. The average Bonchev–Trinajstić information content (AvgIpc) is 2.63. The molecule has 0 radical (unpaired) electrons. The molecule has 1 saturated heterocycles. The van der Waals surface area contributed by atoms with Crippen LogP contribution in [0.15, 0.2) is 53.6 Å². The largest absolute Gasteiger partial charge is 0.295 e. The second kappa shape index (κ2) is 8.32. The Labute approximate surface area is 149 Å². The molecular weight excluding hydrogens is 318 g/mol. The van der Waals surface area contributed by atoms with E-state index in [4.69, 9.17) is 11.6 Å². The molecule has 0 saturated carbocycles. The minimum atomic E-state index is 0.796. The van der Waals surface area contributed by atoms with E-state index in [1.807, 2.05) is 18.3 Å². The highest BCUT2D eigenvalue weighted by atomic mass is 35.5.